The minimum absolute atomic E-state index is 0.0795. The van der Waals surface area contributed by atoms with E-state index < -0.39 is 0 Å². The number of nitrogens with zero attached hydrogens (tertiary/aromatic N) is 1. The molecule has 2 heterocycles. The second kappa shape index (κ2) is 8.98. The third kappa shape index (κ3) is 5.17. The molecule has 0 radical (unpaired) electrons. The Balaban J connectivity index is 1.57. The Kier molecular flexibility index (Phi) is 6.44. The van der Waals surface area contributed by atoms with Crippen LogP contribution in [-0.2, 0) is 22.6 Å². The molecule has 0 saturated carbocycles. The summed E-state index contributed by atoms with van der Waals surface area (Å²) in [6.07, 6.45) is 0.672. The molecule has 1 aromatic carbocycles. The van der Waals surface area contributed by atoms with Gasteiger partial charge in [0.05, 0.1) is 31.9 Å². The largest absolute Gasteiger partial charge is 0.455 e. The van der Waals surface area contributed by atoms with E-state index in [9.17, 15) is 4.79 Å². The molecule has 3 rings (SSSR count). The molecule has 0 aliphatic carbocycles. The number of ether oxygens (including phenoxy) is 2. The second-order valence-corrected chi connectivity index (χ2v) is 6.78. The van der Waals surface area contributed by atoms with E-state index in [-0.39, 0.29) is 18.1 Å². The Morgan fingerprint density at radius 1 is 1.23 bits per heavy atom. The molecule has 1 aliphatic heterocycles. The van der Waals surface area contributed by atoms with Gasteiger partial charge >= 0.3 is 0 Å². The van der Waals surface area contributed by atoms with Gasteiger partial charge in [-0.05, 0) is 38.2 Å². The topological polar surface area (TPSA) is 63.9 Å². The van der Waals surface area contributed by atoms with Crippen molar-refractivity contribution in [2.45, 2.75) is 31.7 Å². The van der Waals surface area contributed by atoms with Crippen molar-refractivity contribution in [1.82, 2.24) is 10.2 Å². The molecule has 2 atom stereocenters. The Morgan fingerprint density at radius 2 is 2.04 bits per heavy atom. The van der Waals surface area contributed by atoms with E-state index in [1.54, 1.807) is 6.07 Å². The zero-order valence-electron chi connectivity index (χ0n) is 15.3. The number of furan rings is 1. The van der Waals surface area contributed by atoms with E-state index >= 15 is 0 Å². The third-order valence-electron chi connectivity index (χ3n) is 4.27. The van der Waals surface area contributed by atoms with Crippen LogP contribution in [0.2, 0.25) is 0 Å². The zero-order chi connectivity index (χ0) is 18.4. The summed E-state index contributed by atoms with van der Waals surface area (Å²) in [5, 5.41) is 2.99. The first-order valence-electron chi connectivity index (χ1n) is 8.89. The maximum absolute atomic E-state index is 12.5. The molecule has 2 aromatic rings. The summed E-state index contributed by atoms with van der Waals surface area (Å²) >= 11 is 0. The van der Waals surface area contributed by atoms with Gasteiger partial charge in [0.1, 0.15) is 5.76 Å². The van der Waals surface area contributed by atoms with Crippen molar-refractivity contribution in [2.24, 2.45) is 0 Å². The zero-order valence-corrected chi connectivity index (χ0v) is 15.3. The molecule has 6 nitrogen and oxygen atoms in total. The van der Waals surface area contributed by atoms with Gasteiger partial charge < -0.3 is 24.1 Å². The van der Waals surface area contributed by atoms with Gasteiger partial charge in [0.15, 0.2) is 5.76 Å². The van der Waals surface area contributed by atoms with Crippen molar-refractivity contribution in [2.75, 3.05) is 27.3 Å². The minimum atomic E-state index is -0.237. The second-order valence-electron chi connectivity index (χ2n) is 6.78. The first-order chi connectivity index (χ1) is 12.6. The average Bonchev–Trinajstić information content (AvgIpc) is 3.10. The Morgan fingerprint density at radius 3 is 2.81 bits per heavy atom. The molecule has 0 spiro atoms. The number of hydrogen-bond acceptors (Lipinski definition) is 5. The van der Waals surface area contributed by atoms with Crippen molar-refractivity contribution >= 4 is 5.91 Å². The fourth-order valence-electron chi connectivity index (χ4n) is 2.97. The van der Waals surface area contributed by atoms with E-state index in [1.807, 2.05) is 55.4 Å². The van der Waals surface area contributed by atoms with Crippen LogP contribution in [0.4, 0.5) is 0 Å². The number of benzene rings is 1. The first kappa shape index (κ1) is 18.6. The first-order valence-corrected chi connectivity index (χ1v) is 8.89. The standard InChI is InChI=1S/C20H26N2O4/c1-22(2)12-16-8-9-19(26-16)20(23)21-17-14-24-11-10-18(17)25-13-15-6-4-3-5-7-15/h3-9,17-18H,10-14H2,1-2H3,(H,21,23)/t17-,18+/m1/s1. The molecular weight excluding hydrogens is 332 g/mol. The Bertz CT molecular complexity index is 699. The summed E-state index contributed by atoms with van der Waals surface area (Å²) in [5.74, 6) is 0.838. The summed E-state index contributed by atoms with van der Waals surface area (Å²) < 4.78 is 17.2. The maximum Gasteiger partial charge on any atom is 0.287 e. The van der Waals surface area contributed by atoms with Gasteiger partial charge in [-0.25, -0.2) is 0 Å². The highest BCUT2D eigenvalue weighted by molar-refractivity contribution is 5.91. The lowest BCUT2D eigenvalue weighted by molar-refractivity contribution is -0.0606. The molecule has 140 valence electrons. The molecule has 1 N–H and O–H groups in total. The molecule has 6 heteroatoms. The van der Waals surface area contributed by atoms with Crippen molar-refractivity contribution in [3.8, 4) is 0 Å². The smallest absolute Gasteiger partial charge is 0.287 e. The highest BCUT2D eigenvalue weighted by atomic mass is 16.5. The van der Waals surface area contributed by atoms with Gasteiger partial charge in [-0.2, -0.15) is 0 Å². The molecule has 1 amide bonds. The number of carbonyl (C=O) groups is 1. The fraction of sp³-hybridized carbons (Fsp3) is 0.450. The predicted molar refractivity (Wildman–Crippen MR) is 97.8 cm³/mol. The molecule has 1 saturated heterocycles. The molecule has 0 unspecified atom stereocenters. The van der Waals surface area contributed by atoms with Crippen LogP contribution in [0.3, 0.4) is 0 Å². The number of carbonyl (C=O) groups excluding carboxylic acids is 1. The predicted octanol–water partition coefficient (Wildman–Crippen LogP) is 2.45. The van der Waals surface area contributed by atoms with Crippen LogP contribution in [0.1, 0.15) is 28.3 Å². The van der Waals surface area contributed by atoms with E-state index in [4.69, 9.17) is 13.9 Å². The van der Waals surface area contributed by atoms with Crippen molar-refractivity contribution in [1.29, 1.82) is 0 Å². The summed E-state index contributed by atoms with van der Waals surface area (Å²) in [6.45, 7) is 2.25. The van der Waals surface area contributed by atoms with Gasteiger partial charge in [0.25, 0.3) is 5.91 Å². The van der Waals surface area contributed by atoms with Crippen LogP contribution >= 0.6 is 0 Å². The lowest BCUT2D eigenvalue weighted by atomic mass is 10.1. The van der Waals surface area contributed by atoms with Crippen LogP contribution in [0, 0.1) is 0 Å². The van der Waals surface area contributed by atoms with Gasteiger partial charge in [-0.1, -0.05) is 30.3 Å². The highest BCUT2D eigenvalue weighted by Crippen LogP contribution is 2.16. The van der Waals surface area contributed by atoms with E-state index in [1.165, 1.54) is 0 Å². The highest BCUT2D eigenvalue weighted by Gasteiger charge is 2.29. The van der Waals surface area contributed by atoms with Gasteiger partial charge in [0, 0.05) is 6.61 Å². The van der Waals surface area contributed by atoms with E-state index in [0.29, 0.717) is 32.1 Å². The van der Waals surface area contributed by atoms with Crippen LogP contribution < -0.4 is 5.32 Å². The molecule has 1 aliphatic rings. The van der Waals surface area contributed by atoms with Crippen molar-refractivity contribution in [3.63, 3.8) is 0 Å². The SMILES string of the molecule is CN(C)Cc1ccc(C(=O)N[C@@H]2COCC[C@@H]2OCc2ccccc2)o1. The van der Waals surface area contributed by atoms with Crippen LogP contribution in [0.5, 0.6) is 0 Å². The van der Waals surface area contributed by atoms with Gasteiger partial charge in [0.2, 0.25) is 0 Å². The number of hydrogen-bond donors (Lipinski definition) is 1. The van der Waals surface area contributed by atoms with E-state index in [0.717, 1.165) is 17.7 Å². The minimum Gasteiger partial charge on any atom is -0.455 e. The lowest BCUT2D eigenvalue weighted by Gasteiger charge is -2.31. The Labute approximate surface area is 154 Å². The summed E-state index contributed by atoms with van der Waals surface area (Å²) in [4.78, 5) is 14.5. The molecule has 0 bridgehead atoms. The monoisotopic (exact) mass is 358 g/mol. The molecular formula is C20H26N2O4. The molecule has 26 heavy (non-hydrogen) atoms. The summed E-state index contributed by atoms with van der Waals surface area (Å²) in [7, 11) is 3.91. The van der Waals surface area contributed by atoms with Gasteiger partial charge in [-0.3, -0.25) is 4.79 Å². The molecule has 1 fully saturated rings. The van der Waals surface area contributed by atoms with Crippen molar-refractivity contribution < 1.29 is 18.7 Å². The fourth-order valence-corrected chi connectivity index (χ4v) is 2.97. The van der Waals surface area contributed by atoms with Gasteiger partial charge in [-0.15, -0.1) is 0 Å². The maximum atomic E-state index is 12.5. The number of amides is 1. The quantitative estimate of drug-likeness (QED) is 0.824. The number of nitrogens with one attached hydrogen (secondary N) is 1. The van der Waals surface area contributed by atoms with Crippen LogP contribution in [0.25, 0.3) is 0 Å². The van der Waals surface area contributed by atoms with E-state index in [2.05, 4.69) is 5.32 Å². The van der Waals surface area contributed by atoms with Crippen LogP contribution in [0.15, 0.2) is 46.9 Å². The summed E-state index contributed by atoms with van der Waals surface area (Å²) in [6, 6.07) is 13.4. The number of rotatable bonds is 7. The van der Waals surface area contributed by atoms with Crippen molar-refractivity contribution in [3.05, 3.63) is 59.5 Å². The third-order valence-corrected chi connectivity index (χ3v) is 4.27. The lowest BCUT2D eigenvalue weighted by Crippen LogP contribution is -2.50. The van der Waals surface area contributed by atoms with Crippen LogP contribution in [-0.4, -0.2) is 50.3 Å². The average molecular weight is 358 g/mol. The molecule has 1 aromatic heterocycles. The normalized spacial score (nSPS) is 20.3. The summed E-state index contributed by atoms with van der Waals surface area (Å²) in [5.41, 5.74) is 1.11. The Hall–Kier alpha value is -2.15.